The van der Waals surface area contributed by atoms with Gasteiger partial charge in [-0.15, -0.1) is 0 Å². The number of anilines is 1. The molecular formula is C23H25N3O5S2. The van der Waals surface area contributed by atoms with Crippen LogP contribution < -0.4 is 15.2 Å². The van der Waals surface area contributed by atoms with Crippen molar-refractivity contribution in [2.45, 2.75) is 29.1 Å². The van der Waals surface area contributed by atoms with Gasteiger partial charge in [0, 0.05) is 18.7 Å². The number of nitrogens with one attached hydrogen (secondary N) is 2. The van der Waals surface area contributed by atoms with Crippen LogP contribution in [-0.4, -0.2) is 29.3 Å². The third-order valence-electron chi connectivity index (χ3n) is 4.89. The van der Waals surface area contributed by atoms with Crippen LogP contribution in [0.25, 0.3) is 0 Å². The molecule has 4 N–H and O–H groups in total. The van der Waals surface area contributed by atoms with E-state index in [1.54, 1.807) is 12.1 Å². The van der Waals surface area contributed by atoms with Crippen LogP contribution in [0.2, 0.25) is 0 Å². The van der Waals surface area contributed by atoms with Crippen LogP contribution in [0, 0.1) is 0 Å². The molecule has 3 rings (SSSR count). The lowest BCUT2D eigenvalue weighted by atomic mass is 10.1. The summed E-state index contributed by atoms with van der Waals surface area (Å²) in [6.45, 7) is 0.298. The fourth-order valence-corrected chi connectivity index (χ4v) is 4.65. The number of benzene rings is 3. The second kappa shape index (κ2) is 10.7. The van der Waals surface area contributed by atoms with Gasteiger partial charge in [-0.1, -0.05) is 42.5 Å². The van der Waals surface area contributed by atoms with Gasteiger partial charge in [0.1, 0.15) is 0 Å². The molecule has 0 aliphatic rings. The molecule has 0 aromatic heterocycles. The number of nitrogens with two attached hydrogens (primary N) is 1. The monoisotopic (exact) mass is 487 g/mol. The van der Waals surface area contributed by atoms with Crippen molar-refractivity contribution in [1.82, 2.24) is 4.72 Å². The zero-order valence-electron chi connectivity index (χ0n) is 17.8. The highest BCUT2D eigenvalue weighted by Gasteiger charge is 2.13. The van der Waals surface area contributed by atoms with Crippen molar-refractivity contribution < 1.29 is 21.6 Å². The number of sulfonamides is 2. The molecule has 0 bridgehead atoms. The maximum atomic E-state index is 12.5. The van der Waals surface area contributed by atoms with E-state index < -0.39 is 20.0 Å². The average molecular weight is 488 g/mol. The summed E-state index contributed by atoms with van der Waals surface area (Å²) in [6.07, 6.45) is 1.19. The van der Waals surface area contributed by atoms with Crippen LogP contribution in [0.4, 0.5) is 5.69 Å². The minimum atomic E-state index is -3.79. The summed E-state index contributed by atoms with van der Waals surface area (Å²) in [5.41, 5.74) is 2.32. The number of amides is 1. The van der Waals surface area contributed by atoms with E-state index in [1.807, 2.05) is 30.3 Å². The Hall–Kier alpha value is -3.05. The van der Waals surface area contributed by atoms with Crippen molar-refractivity contribution in [3.05, 3.63) is 90.0 Å². The Balaban J connectivity index is 1.49. The van der Waals surface area contributed by atoms with Gasteiger partial charge in [-0.3, -0.25) is 4.79 Å². The van der Waals surface area contributed by atoms with Gasteiger partial charge in [-0.05, 0) is 60.4 Å². The molecule has 174 valence electrons. The normalized spacial score (nSPS) is 11.8. The summed E-state index contributed by atoms with van der Waals surface area (Å²) in [4.78, 5) is 12.3. The largest absolute Gasteiger partial charge is 0.326 e. The standard InChI is InChI=1S/C23H25N3O5S2/c24-32(28,29)21-13-9-20(10-14-21)26-23(27)15-8-19-6-11-22(12-7-19)33(30,31)25-17-16-18-4-2-1-3-5-18/h1-7,9-14,25H,8,15-17H2,(H,26,27)(H2,24,28,29). The zero-order valence-corrected chi connectivity index (χ0v) is 19.4. The van der Waals surface area contributed by atoms with Crippen LogP contribution in [-0.2, 0) is 37.7 Å². The number of carbonyl (C=O) groups excluding carboxylic acids is 1. The SMILES string of the molecule is NS(=O)(=O)c1ccc(NC(=O)CCc2ccc(S(=O)(=O)NCCc3ccccc3)cc2)cc1. The molecule has 3 aromatic rings. The summed E-state index contributed by atoms with van der Waals surface area (Å²) >= 11 is 0. The van der Waals surface area contributed by atoms with E-state index in [4.69, 9.17) is 5.14 Å². The molecule has 0 unspecified atom stereocenters. The number of hydrogen-bond acceptors (Lipinski definition) is 5. The highest BCUT2D eigenvalue weighted by molar-refractivity contribution is 7.89. The molecule has 0 aliphatic carbocycles. The minimum Gasteiger partial charge on any atom is -0.326 e. The lowest BCUT2D eigenvalue weighted by Crippen LogP contribution is -2.26. The number of carbonyl (C=O) groups is 1. The van der Waals surface area contributed by atoms with Gasteiger partial charge in [0.25, 0.3) is 0 Å². The van der Waals surface area contributed by atoms with Gasteiger partial charge in [0.05, 0.1) is 9.79 Å². The lowest BCUT2D eigenvalue weighted by Gasteiger charge is -2.09. The highest BCUT2D eigenvalue weighted by atomic mass is 32.2. The molecule has 8 nitrogen and oxygen atoms in total. The van der Waals surface area contributed by atoms with Gasteiger partial charge < -0.3 is 5.32 Å². The van der Waals surface area contributed by atoms with Gasteiger partial charge in [0.2, 0.25) is 26.0 Å². The molecule has 0 heterocycles. The third-order valence-corrected chi connectivity index (χ3v) is 7.30. The third kappa shape index (κ3) is 7.50. The second-order valence-corrected chi connectivity index (χ2v) is 10.7. The number of primary sulfonamides is 1. The van der Waals surface area contributed by atoms with Gasteiger partial charge in [-0.2, -0.15) is 0 Å². The Labute approximate surface area is 193 Å². The first kappa shape index (κ1) is 24.6. The molecule has 0 saturated carbocycles. The molecule has 33 heavy (non-hydrogen) atoms. The number of aryl methyl sites for hydroxylation is 1. The second-order valence-electron chi connectivity index (χ2n) is 7.39. The van der Waals surface area contributed by atoms with Gasteiger partial charge >= 0.3 is 0 Å². The van der Waals surface area contributed by atoms with Gasteiger partial charge in [-0.25, -0.2) is 26.7 Å². The molecular weight excluding hydrogens is 462 g/mol. The fourth-order valence-electron chi connectivity index (χ4n) is 3.10. The first-order valence-corrected chi connectivity index (χ1v) is 13.2. The molecule has 3 aromatic carbocycles. The smallest absolute Gasteiger partial charge is 0.240 e. The van der Waals surface area contributed by atoms with E-state index in [-0.39, 0.29) is 22.1 Å². The van der Waals surface area contributed by atoms with E-state index in [9.17, 15) is 21.6 Å². The highest BCUT2D eigenvalue weighted by Crippen LogP contribution is 2.15. The van der Waals surface area contributed by atoms with Crippen molar-refractivity contribution in [2.24, 2.45) is 5.14 Å². The lowest BCUT2D eigenvalue weighted by molar-refractivity contribution is -0.116. The molecule has 1 amide bonds. The van der Waals surface area contributed by atoms with Crippen molar-refractivity contribution in [2.75, 3.05) is 11.9 Å². The van der Waals surface area contributed by atoms with E-state index in [1.165, 1.54) is 36.4 Å². The molecule has 0 fully saturated rings. The summed E-state index contributed by atoms with van der Waals surface area (Å²) in [7, 11) is -7.40. The molecule has 0 radical (unpaired) electrons. The Kier molecular flexibility index (Phi) is 7.98. The van der Waals surface area contributed by atoms with Crippen LogP contribution in [0.5, 0.6) is 0 Å². The Morgan fingerprint density at radius 1 is 0.727 bits per heavy atom. The maximum absolute atomic E-state index is 12.5. The van der Waals surface area contributed by atoms with E-state index >= 15 is 0 Å². The van der Waals surface area contributed by atoms with Crippen LogP contribution in [0.15, 0.2) is 88.7 Å². The van der Waals surface area contributed by atoms with Crippen LogP contribution >= 0.6 is 0 Å². The summed E-state index contributed by atoms with van der Waals surface area (Å²) in [5, 5.41) is 7.73. The average Bonchev–Trinajstić information content (AvgIpc) is 2.78. The fraction of sp³-hybridized carbons (Fsp3) is 0.174. The summed E-state index contributed by atoms with van der Waals surface area (Å²) in [6, 6.07) is 21.6. The van der Waals surface area contributed by atoms with Gasteiger partial charge in [0.15, 0.2) is 0 Å². The number of rotatable bonds is 10. The minimum absolute atomic E-state index is 0.0369. The molecule has 10 heteroatoms. The first-order valence-electron chi connectivity index (χ1n) is 10.2. The summed E-state index contributed by atoms with van der Waals surface area (Å²) in [5.74, 6) is -0.252. The van der Waals surface area contributed by atoms with Crippen LogP contribution in [0.1, 0.15) is 17.5 Å². The predicted octanol–water partition coefficient (Wildman–Crippen LogP) is 2.43. The van der Waals surface area contributed by atoms with Crippen molar-refractivity contribution in [1.29, 1.82) is 0 Å². The summed E-state index contributed by atoms with van der Waals surface area (Å²) < 4.78 is 50.1. The molecule has 0 atom stereocenters. The Bertz CT molecular complexity index is 1290. The Morgan fingerprint density at radius 3 is 1.91 bits per heavy atom. The van der Waals surface area contributed by atoms with Crippen LogP contribution in [0.3, 0.4) is 0 Å². The molecule has 0 saturated heterocycles. The first-order chi connectivity index (χ1) is 15.6. The molecule has 0 spiro atoms. The zero-order chi connectivity index (χ0) is 23.9. The van der Waals surface area contributed by atoms with Crippen molar-refractivity contribution in [3.63, 3.8) is 0 Å². The van der Waals surface area contributed by atoms with E-state index in [2.05, 4.69) is 10.0 Å². The van der Waals surface area contributed by atoms with E-state index in [0.29, 0.717) is 25.1 Å². The van der Waals surface area contributed by atoms with E-state index in [0.717, 1.165) is 11.1 Å². The topological polar surface area (TPSA) is 135 Å². The quantitative estimate of drug-likeness (QED) is 0.404. The number of hydrogen-bond donors (Lipinski definition) is 3. The predicted molar refractivity (Wildman–Crippen MR) is 127 cm³/mol. The van der Waals surface area contributed by atoms with Crippen molar-refractivity contribution >= 4 is 31.6 Å². The maximum Gasteiger partial charge on any atom is 0.240 e. The Morgan fingerprint density at radius 2 is 1.30 bits per heavy atom. The van der Waals surface area contributed by atoms with Crippen molar-refractivity contribution in [3.8, 4) is 0 Å². The molecule has 0 aliphatic heterocycles.